The third-order valence-electron chi connectivity index (χ3n) is 1.46. The van der Waals surface area contributed by atoms with Gasteiger partial charge in [-0.1, -0.05) is 6.55 Å². The molecule has 0 aliphatic rings. The van der Waals surface area contributed by atoms with Crippen LogP contribution in [0.1, 0.15) is 0 Å². The third-order valence-corrected chi connectivity index (χ3v) is 13.2. The van der Waals surface area contributed by atoms with Gasteiger partial charge in [0.2, 0.25) is 0 Å². The fourth-order valence-corrected chi connectivity index (χ4v) is 12.8. The van der Waals surface area contributed by atoms with Crippen LogP contribution in [-0.4, -0.2) is 35.9 Å². The van der Waals surface area contributed by atoms with Crippen molar-refractivity contribution in [3.8, 4) is 0 Å². The van der Waals surface area contributed by atoms with Gasteiger partial charge in [-0.25, -0.2) is 0 Å². The first kappa shape index (κ1) is 14.7. The zero-order valence-corrected chi connectivity index (χ0v) is 15.1. The van der Waals surface area contributed by atoms with Crippen molar-refractivity contribution in [3.05, 3.63) is 0 Å². The Morgan fingerprint density at radius 3 is 1.86 bits per heavy atom. The van der Waals surface area contributed by atoms with E-state index in [4.69, 9.17) is 12.3 Å². The zero-order valence-electron chi connectivity index (χ0n) is 10.5. The van der Waals surface area contributed by atoms with E-state index in [0.29, 0.717) is 0 Å². The van der Waals surface area contributed by atoms with Crippen LogP contribution < -0.4 is 0 Å². The molecule has 0 aromatic rings. The van der Waals surface area contributed by atoms with Gasteiger partial charge < -0.3 is 12.3 Å². The molecule has 0 aromatic carbocycles. The summed E-state index contributed by atoms with van der Waals surface area (Å²) >= 11 is 0. The number of hydrogen-bond donors (Lipinski definition) is 0. The Hall–Kier alpha value is 0.748. The molecule has 14 heavy (non-hydrogen) atoms. The Balaban J connectivity index is 3.98. The molecule has 0 aliphatic carbocycles. The van der Waals surface area contributed by atoms with E-state index in [2.05, 4.69) is 45.8 Å². The van der Waals surface area contributed by atoms with Gasteiger partial charge in [0.15, 0.2) is 8.32 Å². The summed E-state index contributed by atoms with van der Waals surface area (Å²) in [6.45, 7) is 15.1. The lowest BCUT2D eigenvalue weighted by molar-refractivity contribution is 0.362. The lowest BCUT2D eigenvalue weighted by Gasteiger charge is -2.30. The Labute approximate surface area is 94.3 Å². The first-order valence-electron chi connectivity index (χ1n) is 5.16. The topological polar surface area (TPSA) is 27.7 Å². The largest absolute Gasteiger partial charge is 0.442 e. The van der Waals surface area contributed by atoms with E-state index < -0.39 is 26.2 Å². The molecule has 0 amide bonds. The fourth-order valence-electron chi connectivity index (χ4n) is 1.30. The van der Waals surface area contributed by atoms with Gasteiger partial charge in [-0.3, -0.25) is 0 Å². The maximum atomic E-state index is 5.96. The molecule has 1 atom stereocenters. The van der Waals surface area contributed by atoms with Crippen molar-refractivity contribution < 1.29 is 12.3 Å². The predicted molar refractivity (Wildman–Crippen MR) is 71.5 cm³/mol. The van der Waals surface area contributed by atoms with Gasteiger partial charge in [0.05, 0.1) is 0 Å². The second-order valence-corrected chi connectivity index (χ2v) is 16.5. The molecule has 0 N–H and O–H groups in total. The minimum Gasteiger partial charge on any atom is -0.442 e. The Bertz CT molecular complexity index is 169. The van der Waals surface area contributed by atoms with Crippen molar-refractivity contribution in [3.63, 3.8) is 0 Å². The summed E-state index contributed by atoms with van der Waals surface area (Å²) < 4.78 is 17.6. The van der Waals surface area contributed by atoms with E-state index in [1.54, 1.807) is 0 Å². The first-order valence-corrected chi connectivity index (χ1v) is 15.5. The summed E-state index contributed by atoms with van der Waals surface area (Å²) in [5.41, 5.74) is 0. The molecule has 1 unspecified atom stereocenters. The van der Waals surface area contributed by atoms with E-state index >= 15 is 0 Å². The van der Waals surface area contributed by atoms with Crippen LogP contribution in [0.3, 0.4) is 0 Å². The number of rotatable bonds is 6. The standard InChI is InChI=1S/C7H24O3Si4/c1-11-8-14(6,7)10-12(2)9-13(3,4)5/h12H,11H2,1-7H3. The van der Waals surface area contributed by atoms with Gasteiger partial charge in [-0.2, -0.15) is 0 Å². The van der Waals surface area contributed by atoms with Gasteiger partial charge >= 0.3 is 8.56 Å². The van der Waals surface area contributed by atoms with Crippen molar-refractivity contribution in [2.45, 2.75) is 45.8 Å². The average molecular weight is 269 g/mol. The van der Waals surface area contributed by atoms with Crippen LogP contribution in [-0.2, 0) is 12.3 Å². The Kier molecular flexibility index (Phi) is 6.03. The van der Waals surface area contributed by atoms with Crippen LogP contribution in [0.2, 0.25) is 45.8 Å². The molecule has 7 heteroatoms. The highest BCUT2D eigenvalue weighted by Crippen LogP contribution is 2.12. The normalized spacial score (nSPS) is 16.5. The summed E-state index contributed by atoms with van der Waals surface area (Å²) in [7, 11) is -5.10. The summed E-state index contributed by atoms with van der Waals surface area (Å²) in [4.78, 5) is 0. The molecular formula is C7H24O3Si4. The smallest absolute Gasteiger partial charge is 0.312 e. The highest BCUT2D eigenvalue weighted by molar-refractivity contribution is 6.80. The van der Waals surface area contributed by atoms with E-state index in [1.165, 1.54) is 0 Å². The van der Waals surface area contributed by atoms with Crippen LogP contribution in [0, 0.1) is 0 Å². The van der Waals surface area contributed by atoms with E-state index in [0.717, 1.165) is 0 Å². The minimum atomic E-state index is -1.85. The van der Waals surface area contributed by atoms with Crippen LogP contribution in [0.4, 0.5) is 0 Å². The van der Waals surface area contributed by atoms with Crippen molar-refractivity contribution in [2.24, 2.45) is 0 Å². The molecule has 0 aliphatic heterocycles. The lowest BCUT2D eigenvalue weighted by Crippen LogP contribution is -2.45. The molecule has 0 bridgehead atoms. The Morgan fingerprint density at radius 1 is 1.00 bits per heavy atom. The quantitative estimate of drug-likeness (QED) is 0.684. The van der Waals surface area contributed by atoms with Crippen molar-refractivity contribution >= 4 is 35.9 Å². The Morgan fingerprint density at radius 2 is 1.50 bits per heavy atom. The monoisotopic (exact) mass is 268 g/mol. The molecule has 0 radical (unpaired) electrons. The summed E-state index contributed by atoms with van der Waals surface area (Å²) in [5, 5.41) is 0. The van der Waals surface area contributed by atoms with Gasteiger partial charge in [-0.05, 0) is 39.3 Å². The van der Waals surface area contributed by atoms with Gasteiger partial charge in [0.1, 0.15) is 9.76 Å². The molecule has 0 fully saturated rings. The van der Waals surface area contributed by atoms with Crippen molar-refractivity contribution in [2.75, 3.05) is 0 Å². The van der Waals surface area contributed by atoms with Gasteiger partial charge in [-0.15, -0.1) is 0 Å². The first-order chi connectivity index (χ1) is 6.16. The molecule has 0 saturated heterocycles. The molecular weight excluding hydrogens is 244 g/mol. The summed E-state index contributed by atoms with van der Waals surface area (Å²) in [6.07, 6.45) is 0. The maximum absolute atomic E-state index is 5.96. The van der Waals surface area contributed by atoms with Crippen LogP contribution >= 0.6 is 0 Å². The molecule has 0 aromatic heterocycles. The molecule has 0 rings (SSSR count). The highest BCUT2D eigenvalue weighted by Gasteiger charge is 2.29. The second kappa shape index (κ2) is 5.73. The lowest BCUT2D eigenvalue weighted by atomic mass is 11.8. The molecule has 0 spiro atoms. The van der Waals surface area contributed by atoms with Gasteiger partial charge in [0, 0.05) is 0 Å². The van der Waals surface area contributed by atoms with E-state index in [9.17, 15) is 0 Å². The number of hydrogen-bond acceptors (Lipinski definition) is 3. The third kappa shape index (κ3) is 8.09. The molecule has 86 valence electrons. The SMILES string of the molecule is C[SiH2]O[Si](C)(C)O[SiH](C)O[Si](C)(C)C. The zero-order chi connectivity index (χ0) is 11.4. The average Bonchev–Trinajstić information content (AvgIpc) is 1.78. The highest BCUT2D eigenvalue weighted by atomic mass is 28.5. The fraction of sp³-hybridized carbons (Fsp3) is 1.00. The minimum absolute atomic E-state index is 0.360. The second-order valence-electron chi connectivity index (χ2n) is 4.75. The summed E-state index contributed by atoms with van der Waals surface area (Å²) in [5.74, 6) is 0. The maximum Gasteiger partial charge on any atom is 0.312 e. The van der Waals surface area contributed by atoms with Gasteiger partial charge in [0.25, 0.3) is 9.28 Å². The van der Waals surface area contributed by atoms with E-state index in [-0.39, 0.29) is 9.76 Å². The summed E-state index contributed by atoms with van der Waals surface area (Å²) in [6, 6.07) is 0. The van der Waals surface area contributed by atoms with Crippen molar-refractivity contribution in [1.82, 2.24) is 0 Å². The molecule has 3 nitrogen and oxygen atoms in total. The van der Waals surface area contributed by atoms with Crippen LogP contribution in [0.15, 0.2) is 0 Å². The van der Waals surface area contributed by atoms with E-state index in [1.807, 2.05) is 0 Å². The molecule has 0 heterocycles. The predicted octanol–water partition coefficient (Wildman–Crippen LogP) is 1.56. The van der Waals surface area contributed by atoms with Crippen LogP contribution in [0.5, 0.6) is 0 Å². The van der Waals surface area contributed by atoms with Crippen LogP contribution in [0.25, 0.3) is 0 Å². The molecule has 0 saturated carbocycles. The van der Waals surface area contributed by atoms with Crippen molar-refractivity contribution in [1.29, 1.82) is 0 Å².